The van der Waals surface area contributed by atoms with Gasteiger partial charge in [-0.1, -0.05) is 54.5 Å². The van der Waals surface area contributed by atoms with E-state index in [2.05, 4.69) is 39.1 Å². The minimum absolute atomic E-state index is 0.0405. The lowest BCUT2D eigenvalue weighted by Gasteiger charge is -2.71. The Kier molecular flexibility index (Phi) is 7.33. The molecule has 8 nitrogen and oxygen atoms in total. The molecule has 0 heterocycles. The molecule has 3 saturated carbocycles. The molecule has 0 bridgehead atoms. The number of carbonyl (C=O) groups is 3. The Bertz CT molecular complexity index is 1360. The van der Waals surface area contributed by atoms with Crippen LogP contribution < -0.4 is 5.32 Å². The standard InChI is InChI=1S/C35H50N2O6/c1-29(2)23-8-10-33(6)24(32(23,5)17-21(19-36)27(29)41)16-26(40)35(43)25-18-31(4,28(42)37-20-22(39)9-15-38)12-11-30(25,3)13-14-34(33,35)7/h16-17,22-23,25,38-39,43H,8-15,18,20H2,1-7H3,(H,37,42). The van der Waals surface area contributed by atoms with Gasteiger partial charge in [0.05, 0.1) is 11.7 Å². The van der Waals surface area contributed by atoms with Crippen molar-refractivity contribution < 1.29 is 29.7 Å². The van der Waals surface area contributed by atoms with Gasteiger partial charge < -0.3 is 20.6 Å². The number of carbonyl (C=O) groups excluding carboxylic acids is 3. The van der Waals surface area contributed by atoms with E-state index < -0.39 is 44.7 Å². The van der Waals surface area contributed by atoms with Crippen molar-refractivity contribution >= 4 is 17.5 Å². The average Bonchev–Trinajstić information content (AvgIpc) is 2.94. The van der Waals surface area contributed by atoms with Crippen LogP contribution in [0.2, 0.25) is 0 Å². The topological polar surface area (TPSA) is 148 Å². The van der Waals surface area contributed by atoms with Crippen LogP contribution in [0.4, 0.5) is 0 Å². The van der Waals surface area contributed by atoms with Gasteiger partial charge in [0.1, 0.15) is 11.7 Å². The molecule has 0 radical (unpaired) electrons. The maximum atomic E-state index is 14.6. The highest BCUT2D eigenvalue weighted by molar-refractivity contribution is 6.05. The number of nitrogens with one attached hydrogen (secondary N) is 1. The van der Waals surface area contributed by atoms with Crippen LogP contribution in [0.3, 0.4) is 0 Å². The quantitative estimate of drug-likeness (QED) is 0.373. The molecular weight excluding hydrogens is 544 g/mol. The second kappa shape index (κ2) is 9.83. The molecule has 0 aromatic heterocycles. The van der Waals surface area contributed by atoms with Gasteiger partial charge in [-0.25, -0.2) is 0 Å². The zero-order valence-electron chi connectivity index (χ0n) is 27.0. The summed E-state index contributed by atoms with van der Waals surface area (Å²) in [6.45, 7) is 14.0. The molecule has 43 heavy (non-hydrogen) atoms. The second-order valence-electron chi connectivity index (χ2n) is 16.3. The highest BCUT2D eigenvalue weighted by Gasteiger charge is 2.75. The molecule has 5 aliphatic carbocycles. The molecule has 236 valence electrons. The van der Waals surface area contributed by atoms with Gasteiger partial charge in [-0.15, -0.1) is 0 Å². The fourth-order valence-electron chi connectivity index (χ4n) is 10.6. The summed E-state index contributed by atoms with van der Waals surface area (Å²) in [5.74, 6) is -1.21. The van der Waals surface area contributed by atoms with Crippen LogP contribution in [0.1, 0.15) is 99.8 Å². The third kappa shape index (κ3) is 4.06. The van der Waals surface area contributed by atoms with Crippen LogP contribution in [0, 0.1) is 55.7 Å². The minimum atomic E-state index is -1.69. The molecule has 9 atom stereocenters. The molecule has 3 fully saturated rings. The Morgan fingerprint density at radius 2 is 1.70 bits per heavy atom. The van der Waals surface area contributed by atoms with Crippen molar-refractivity contribution in [1.29, 1.82) is 5.26 Å². The van der Waals surface area contributed by atoms with Crippen molar-refractivity contribution in [3.8, 4) is 6.07 Å². The van der Waals surface area contributed by atoms with Gasteiger partial charge in [-0.2, -0.15) is 5.26 Å². The smallest absolute Gasteiger partial charge is 0.226 e. The van der Waals surface area contributed by atoms with Crippen molar-refractivity contribution in [1.82, 2.24) is 5.32 Å². The zero-order chi connectivity index (χ0) is 32.0. The van der Waals surface area contributed by atoms with Crippen molar-refractivity contribution in [2.24, 2.45) is 44.3 Å². The lowest BCUT2D eigenvalue weighted by atomic mass is 9.33. The number of hydrogen-bond acceptors (Lipinski definition) is 7. The third-order valence-corrected chi connectivity index (χ3v) is 13.8. The second-order valence-corrected chi connectivity index (χ2v) is 16.3. The van der Waals surface area contributed by atoms with E-state index in [0.717, 1.165) is 18.4 Å². The Balaban J connectivity index is 1.59. The number of allylic oxidation sites excluding steroid dienone is 3. The number of Topliss-reactive ketones (excluding diaryl/α,β-unsaturated/α-hetero) is 1. The predicted octanol–water partition coefficient (Wildman–Crippen LogP) is 4.18. The van der Waals surface area contributed by atoms with Crippen LogP contribution >= 0.6 is 0 Å². The van der Waals surface area contributed by atoms with E-state index in [4.69, 9.17) is 5.11 Å². The molecule has 5 rings (SSSR count). The number of nitriles is 1. The van der Waals surface area contributed by atoms with E-state index in [0.29, 0.717) is 32.1 Å². The van der Waals surface area contributed by atoms with Crippen molar-refractivity contribution in [3.05, 3.63) is 23.3 Å². The SMILES string of the molecule is CC1(C(=O)NCC(O)CCO)CCC2(C)CCC3(C)C4(C)CCC5C(C)(C)C(=O)C(C#N)=CC5(C)C4=CC(=O)C3(O)C2C1. The van der Waals surface area contributed by atoms with Gasteiger partial charge >= 0.3 is 0 Å². The number of amides is 1. The highest BCUT2D eigenvalue weighted by Crippen LogP contribution is 2.75. The van der Waals surface area contributed by atoms with Crippen molar-refractivity contribution in [2.45, 2.75) is 112 Å². The fourth-order valence-corrected chi connectivity index (χ4v) is 10.6. The van der Waals surface area contributed by atoms with Gasteiger partial charge in [-0.05, 0) is 79.8 Å². The Morgan fingerprint density at radius 3 is 2.33 bits per heavy atom. The molecule has 0 aromatic rings. The number of hydrogen-bond donors (Lipinski definition) is 4. The first-order chi connectivity index (χ1) is 19.8. The Labute approximate surface area is 256 Å². The number of fused-ring (bicyclic) bond motifs is 7. The largest absolute Gasteiger partial charge is 0.396 e. The summed E-state index contributed by atoms with van der Waals surface area (Å²) >= 11 is 0. The summed E-state index contributed by atoms with van der Waals surface area (Å²) in [4.78, 5) is 41.4. The number of nitrogens with zero attached hydrogens (tertiary/aromatic N) is 1. The minimum Gasteiger partial charge on any atom is -0.396 e. The Hall–Kier alpha value is -2.34. The summed E-state index contributed by atoms with van der Waals surface area (Å²) in [5.41, 5.74) is -4.63. The van der Waals surface area contributed by atoms with E-state index in [1.54, 1.807) is 12.2 Å². The van der Waals surface area contributed by atoms with Crippen LogP contribution in [0.25, 0.3) is 0 Å². The molecule has 0 saturated heterocycles. The van der Waals surface area contributed by atoms with E-state index in [1.807, 2.05) is 20.8 Å². The lowest BCUT2D eigenvalue weighted by Crippen LogP contribution is -2.74. The van der Waals surface area contributed by atoms with Crippen LogP contribution in [0.5, 0.6) is 0 Å². The van der Waals surface area contributed by atoms with Crippen LogP contribution in [-0.4, -0.2) is 57.6 Å². The van der Waals surface area contributed by atoms with Crippen molar-refractivity contribution in [3.63, 3.8) is 0 Å². The van der Waals surface area contributed by atoms with E-state index in [1.165, 1.54) is 0 Å². The summed E-state index contributed by atoms with van der Waals surface area (Å²) in [7, 11) is 0. The molecule has 8 heteroatoms. The highest BCUT2D eigenvalue weighted by atomic mass is 16.3. The maximum Gasteiger partial charge on any atom is 0.226 e. The third-order valence-electron chi connectivity index (χ3n) is 13.8. The molecule has 5 aliphatic rings. The molecule has 4 N–H and O–H groups in total. The van der Waals surface area contributed by atoms with E-state index >= 15 is 0 Å². The van der Waals surface area contributed by atoms with Gasteiger partial charge in [0.15, 0.2) is 11.6 Å². The lowest BCUT2D eigenvalue weighted by molar-refractivity contribution is -0.242. The molecular formula is C35H50N2O6. The first-order valence-corrected chi connectivity index (χ1v) is 16.1. The number of rotatable bonds is 5. The van der Waals surface area contributed by atoms with Gasteiger partial charge in [0.25, 0.3) is 0 Å². The van der Waals surface area contributed by atoms with Gasteiger partial charge in [0, 0.05) is 40.7 Å². The molecule has 0 aromatic carbocycles. The van der Waals surface area contributed by atoms with E-state index in [9.17, 15) is 29.9 Å². The maximum absolute atomic E-state index is 14.6. The molecule has 9 unspecified atom stereocenters. The number of ketones is 2. The van der Waals surface area contributed by atoms with Crippen LogP contribution in [0.15, 0.2) is 23.3 Å². The van der Waals surface area contributed by atoms with E-state index in [-0.39, 0.29) is 54.0 Å². The van der Waals surface area contributed by atoms with Gasteiger partial charge in [-0.3, -0.25) is 14.4 Å². The Morgan fingerprint density at radius 1 is 1.05 bits per heavy atom. The number of aliphatic hydroxyl groups is 3. The molecule has 1 amide bonds. The summed E-state index contributed by atoms with van der Waals surface area (Å²) in [5, 5.41) is 45.0. The summed E-state index contributed by atoms with van der Waals surface area (Å²) in [6.07, 6.45) is 7.38. The van der Waals surface area contributed by atoms with Crippen molar-refractivity contribution in [2.75, 3.05) is 13.2 Å². The molecule has 0 spiro atoms. The fraction of sp³-hybridized carbons (Fsp3) is 0.771. The van der Waals surface area contributed by atoms with Crippen LogP contribution in [-0.2, 0) is 14.4 Å². The average molecular weight is 595 g/mol. The predicted molar refractivity (Wildman–Crippen MR) is 161 cm³/mol. The van der Waals surface area contributed by atoms with Gasteiger partial charge in [0.2, 0.25) is 5.91 Å². The summed E-state index contributed by atoms with van der Waals surface area (Å²) < 4.78 is 0. The molecule has 0 aliphatic heterocycles. The monoisotopic (exact) mass is 594 g/mol. The first-order valence-electron chi connectivity index (χ1n) is 16.1. The first kappa shape index (κ1) is 32.1. The zero-order valence-corrected chi connectivity index (χ0v) is 27.0. The normalized spacial score (nSPS) is 45.7. The number of aliphatic hydroxyl groups excluding tert-OH is 2. The summed E-state index contributed by atoms with van der Waals surface area (Å²) in [6, 6.07) is 2.13.